The molecule has 5 nitrogen and oxygen atoms in total. The molecule has 0 saturated carbocycles. The van der Waals surface area contributed by atoms with E-state index in [1.54, 1.807) is 13.0 Å². The molecule has 0 aliphatic heterocycles. The highest BCUT2D eigenvalue weighted by Crippen LogP contribution is 2.28. The summed E-state index contributed by atoms with van der Waals surface area (Å²) >= 11 is 0. The maximum absolute atomic E-state index is 10.6. The average molecular weight is 210 g/mol. The average Bonchev–Trinajstić information content (AvgIpc) is 2.18. The van der Waals surface area contributed by atoms with Crippen LogP contribution in [0.5, 0.6) is 5.75 Å². The van der Waals surface area contributed by atoms with Gasteiger partial charge in [0.15, 0.2) is 0 Å². The van der Waals surface area contributed by atoms with Crippen molar-refractivity contribution in [3.8, 4) is 5.75 Å². The zero-order valence-corrected chi connectivity index (χ0v) is 8.77. The summed E-state index contributed by atoms with van der Waals surface area (Å²) in [6.07, 6.45) is 0. The molecule has 82 valence electrons. The predicted molar refractivity (Wildman–Crippen MR) is 56.9 cm³/mol. The lowest BCUT2D eigenvalue weighted by Gasteiger charge is -2.12. The van der Waals surface area contributed by atoms with Crippen molar-refractivity contribution in [3.63, 3.8) is 0 Å². The first-order chi connectivity index (χ1) is 7.06. The summed E-state index contributed by atoms with van der Waals surface area (Å²) in [7, 11) is 0. The molecule has 0 aromatic heterocycles. The van der Waals surface area contributed by atoms with Crippen LogP contribution in [-0.4, -0.2) is 11.5 Å². The van der Waals surface area contributed by atoms with Crippen molar-refractivity contribution in [2.24, 2.45) is 5.73 Å². The number of hydrogen-bond donors (Lipinski definition) is 1. The molecule has 15 heavy (non-hydrogen) atoms. The maximum atomic E-state index is 10.6. The Kier molecular flexibility index (Phi) is 3.62. The van der Waals surface area contributed by atoms with Crippen LogP contribution in [0.1, 0.15) is 25.5 Å². The highest BCUT2D eigenvalue weighted by atomic mass is 16.6. The first kappa shape index (κ1) is 11.5. The van der Waals surface area contributed by atoms with Crippen LogP contribution in [0.15, 0.2) is 18.2 Å². The normalized spacial score (nSPS) is 12.2. The molecule has 1 aromatic rings. The van der Waals surface area contributed by atoms with Crippen LogP contribution < -0.4 is 10.5 Å². The maximum Gasteiger partial charge on any atom is 0.270 e. The van der Waals surface area contributed by atoms with Gasteiger partial charge in [-0.05, 0) is 19.9 Å². The fourth-order valence-electron chi connectivity index (χ4n) is 1.29. The fraction of sp³-hybridized carbons (Fsp3) is 0.400. The van der Waals surface area contributed by atoms with Gasteiger partial charge in [0.25, 0.3) is 5.69 Å². The highest BCUT2D eigenvalue weighted by Gasteiger charge is 2.13. The van der Waals surface area contributed by atoms with Crippen molar-refractivity contribution >= 4 is 5.69 Å². The van der Waals surface area contributed by atoms with Gasteiger partial charge in [0.1, 0.15) is 5.75 Å². The van der Waals surface area contributed by atoms with E-state index < -0.39 is 4.92 Å². The first-order valence-electron chi connectivity index (χ1n) is 4.73. The molecule has 0 spiro atoms. The summed E-state index contributed by atoms with van der Waals surface area (Å²) in [5.74, 6) is 0.609. The topological polar surface area (TPSA) is 78.4 Å². The molecule has 0 radical (unpaired) electrons. The molecule has 1 aromatic carbocycles. The number of nitrogens with two attached hydrogens (primary N) is 1. The molecule has 1 atom stereocenters. The summed E-state index contributed by atoms with van der Waals surface area (Å²) in [6.45, 7) is 4.13. The van der Waals surface area contributed by atoms with E-state index in [2.05, 4.69) is 0 Å². The number of nitro benzene ring substituents is 1. The Bertz CT molecular complexity index is 364. The minimum atomic E-state index is -0.443. The lowest BCUT2D eigenvalue weighted by atomic mass is 10.1. The first-order valence-corrected chi connectivity index (χ1v) is 4.73. The number of rotatable bonds is 4. The van der Waals surface area contributed by atoms with E-state index in [9.17, 15) is 10.1 Å². The fourth-order valence-corrected chi connectivity index (χ4v) is 1.29. The van der Waals surface area contributed by atoms with Crippen molar-refractivity contribution in [2.45, 2.75) is 19.9 Å². The zero-order valence-electron chi connectivity index (χ0n) is 8.77. The molecule has 1 unspecified atom stereocenters. The predicted octanol–water partition coefficient (Wildman–Crippen LogP) is 2.01. The van der Waals surface area contributed by atoms with Crippen LogP contribution in [-0.2, 0) is 0 Å². The van der Waals surface area contributed by atoms with Gasteiger partial charge >= 0.3 is 0 Å². The van der Waals surface area contributed by atoms with Gasteiger partial charge in [-0.1, -0.05) is 0 Å². The van der Waals surface area contributed by atoms with Crippen LogP contribution in [0.2, 0.25) is 0 Å². The molecule has 0 aliphatic carbocycles. The SMILES string of the molecule is CCOc1ccc([N+](=O)[O-])cc1C(C)N. The van der Waals surface area contributed by atoms with E-state index >= 15 is 0 Å². The minimum Gasteiger partial charge on any atom is -0.494 e. The van der Waals surface area contributed by atoms with Crippen LogP contribution in [0.4, 0.5) is 5.69 Å². The summed E-state index contributed by atoms with van der Waals surface area (Å²) < 4.78 is 5.33. The lowest BCUT2D eigenvalue weighted by molar-refractivity contribution is -0.385. The molecule has 0 aliphatic rings. The van der Waals surface area contributed by atoms with Gasteiger partial charge in [0.2, 0.25) is 0 Å². The van der Waals surface area contributed by atoms with E-state index in [1.807, 2.05) is 6.92 Å². The van der Waals surface area contributed by atoms with Gasteiger partial charge in [0, 0.05) is 23.7 Å². The Labute approximate surface area is 88.0 Å². The van der Waals surface area contributed by atoms with Crippen molar-refractivity contribution in [3.05, 3.63) is 33.9 Å². The Morgan fingerprint density at radius 3 is 2.73 bits per heavy atom. The second-order valence-electron chi connectivity index (χ2n) is 3.20. The standard InChI is InChI=1S/C10H14N2O3/c1-3-15-10-5-4-8(12(13)14)6-9(10)7(2)11/h4-7H,3,11H2,1-2H3. The quantitative estimate of drug-likeness (QED) is 0.609. The molecule has 0 saturated heterocycles. The second kappa shape index (κ2) is 4.75. The number of non-ortho nitro benzene ring substituents is 1. The van der Waals surface area contributed by atoms with Crippen molar-refractivity contribution in [1.82, 2.24) is 0 Å². The molecule has 0 fully saturated rings. The van der Waals surface area contributed by atoms with Crippen molar-refractivity contribution < 1.29 is 9.66 Å². The Morgan fingerprint density at radius 1 is 1.60 bits per heavy atom. The van der Waals surface area contributed by atoms with Crippen molar-refractivity contribution in [1.29, 1.82) is 0 Å². The molecule has 0 bridgehead atoms. The van der Waals surface area contributed by atoms with Gasteiger partial charge in [-0.2, -0.15) is 0 Å². The van der Waals surface area contributed by atoms with Crippen molar-refractivity contribution in [2.75, 3.05) is 6.61 Å². The monoisotopic (exact) mass is 210 g/mol. The molecule has 0 amide bonds. The summed E-state index contributed by atoms with van der Waals surface area (Å²) in [5, 5.41) is 10.6. The largest absolute Gasteiger partial charge is 0.494 e. The smallest absolute Gasteiger partial charge is 0.270 e. The number of benzene rings is 1. The van der Waals surface area contributed by atoms with E-state index in [4.69, 9.17) is 10.5 Å². The third-order valence-corrected chi connectivity index (χ3v) is 1.99. The Balaban J connectivity index is 3.14. The van der Waals surface area contributed by atoms with Crippen LogP contribution in [0.25, 0.3) is 0 Å². The Hall–Kier alpha value is -1.62. The van der Waals surface area contributed by atoms with Gasteiger partial charge in [-0.3, -0.25) is 10.1 Å². The third-order valence-electron chi connectivity index (χ3n) is 1.99. The van der Waals surface area contributed by atoms with E-state index in [1.165, 1.54) is 12.1 Å². The van der Waals surface area contributed by atoms with E-state index in [0.29, 0.717) is 17.9 Å². The number of nitro groups is 1. The molecule has 1 rings (SSSR count). The summed E-state index contributed by atoms with van der Waals surface area (Å²) in [4.78, 5) is 10.1. The van der Waals surface area contributed by atoms with Crippen LogP contribution in [0, 0.1) is 10.1 Å². The van der Waals surface area contributed by atoms with Gasteiger partial charge in [-0.15, -0.1) is 0 Å². The van der Waals surface area contributed by atoms with E-state index in [0.717, 1.165) is 0 Å². The minimum absolute atomic E-state index is 0.0331. The molecule has 0 heterocycles. The summed E-state index contributed by atoms with van der Waals surface area (Å²) in [5.41, 5.74) is 6.40. The third kappa shape index (κ3) is 2.66. The van der Waals surface area contributed by atoms with Crippen LogP contribution in [0.3, 0.4) is 0 Å². The number of nitrogens with zero attached hydrogens (tertiary/aromatic N) is 1. The van der Waals surface area contributed by atoms with Gasteiger partial charge in [-0.25, -0.2) is 0 Å². The molecular weight excluding hydrogens is 196 g/mol. The zero-order chi connectivity index (χ0) is 11.4. The molecule has 5 heteroatoms. The lowest BCUT2D eigenvalue weighted by Crippen LogP contribution is -2.08. The highest BCUT2D eigenvalue weighted by molar-refractivity contribution is 5.45. The van der Waals surface area contributed by atoms with Gasteiger partial charge in [0.05, 0.1) is 11.5 Å². The Morgan fingerprint density at radius 2 is 2.27 bits per heavy atom. The second-order valence-corrected chi connectivity index (χ2v) is 3.20. The van der Waals surface area contributed by atoms with E-state index in [-0.39, 0.29) is 11.7 Å². The molecule has 2 N–H and O–H groups in total. The summed E-state index contributed by atoms with van der Waals surface area (Å²) in [6, 6.07) is 4.17. The number of hydrogen-bond acceptors (Lipinski definition) is 4. The molecular formula is C10H14N2O3. The number of ether oxygens (including phenoxy) is 1. The van der Waals surface area contributed by atoms with Gasteiger partial charge < -0.3 is 10.5 Å². The van der Waals surface area contributed by atoms with Crippen LogP contribution >= 0.6 is 0 Å².